The predicted octanol–water partition coefficient (Wildman–Crippen LogP) is 2.83. The van der Waals surface area contributed by atoms with E-state index in [9.17, 15) is 4.39 Å². The van der Waals surface area contributed by atoms with Crippen LogP contribution < -0.4 is 4.90 Å². The summed E-state index contributed by atoms with van der Waals surface area (Å²) in [5.74, 6) is -0.311. The van der Waals surface area contributed by atoms with Crippen molar-refractivity contribution in [2.45, 2.75) is 0 Å². The summed E-state index contributed by atoms with van der Waals surface area (Å²) in [5.41, 5.74) is 1.27. The summed E-state index contributed by atoms with van der Waals surface area (Å²) in [7, 11) is 0. The molecule has 0 radical (unpaired) electrons. The summed E-state index contributed by atoms with van der Waals surface area (Å²) < 4.78 is 14.4. The number of hydrogen-bond acceptors (Lipinski definition) is 3. The molecule has 1 N–H and O–H groups in total. The number of nitrogens with zero attached hydrogens (tertiary/aromatic N) is 3. The van der Waals surface area contributed by atoms with Crippen LogP contribution in [0.3, 0.4) is 0 Å². The number of pyridine rings is 1. The third-order valence-corrected chi connectivity index (χ3v) is 3.13. The SMILES string of the molecule is Fc1c(Br)cnc2[nH]cc(N3C=CC=NC3)c12. The number of aromatic nitrogens is 2. The fourth-order valence-corrected chi connectivity index (χ4v) is 2.09. The smallest absolute Gasteiger partial charge is 0.152 e. The van der Waals surface area contributed by atoms with Gasteiger partial charge in [-0.1, -0.05) is 0 Å². The highest BCUT2D eigenvalue weighted by Crippen LogP contribution is 2.31. The highest BCUT2D eigenvalue weighted by molar-refractivity contribution is 9.10. The van der Waals surface area contributed by atoms with Crippen LogP contribution in [0.4, 0.5) is 10.1 Å². The quantitative estimate of drug-likeness (QED) is 0.879. The predicted molar refractivity (Wildman–Crippen MR) is 68.7 cm³/mol. The summed E-state index contributed by atoms with van der Waals surface area (Å²) >= 11 is 3.14. The van der Waals surface area contributed by atoms with E-state index >= 15 is 0 Å². The van der Waals surface area contributed by atoms with Gasteiger partial charge in [0.25, 0.3) is 0 Å². The van der Waals surface area contributed by atoms with Crippen LogP contribution in [0.15, 0.2) is 34.1 Å². The molecule has 1 aliphatic heterocycles. The van der Waals surface area contributed by atoms with Crippen molar-refractivity contribution in [2.75, 3.05) is 11.6 Å². The Kier molecular flexibility index (Phi) is 2.44. The van der Waals surface area contributed by atoms with Gasteiger partial charge in [0.05, 0.1) is 15.5 Å². The topological polar surface area (TPSA) is 44.3 Å². The van der Waals surface area contributed by atoms with E-state index in [1.165, 1.54) is 6.20 Å². The number of hydrogen-bond donors (Lipinski definition) is 1. The van der Waals surface area contributed by atoms with Gasteiger partial charge in [0, 0.05) is 24.8 Å². The first-order valence-corrected chi connectivity index (χ1v) is 5.81. The molecular weight excluding hydrogens is 287 g/mol. The molecule has 6 heteroatoms. The minimum atomic E-state index is -0.311. The van der Waals surface area contributed by atoms with E-state index in [-0.39, 0.29) is 5.82 Å². The molecule has 0 saturated heterocycles. The minimum absolute atomic E-state index is 0.311. The van der Waals surface area contributed by atoms with Crippen molar-refractivity contribution < 1.29 is 4.39 Å². The lowest BCUT2D eigenvalue weighted by Gasteiger charge is -2.18. The molecule has 0 fully saturated rings. The zero-order valence-electron chi connectivity index (χ0n) is 8.69. The first-order valence-electron chi connectivity index (χ1n) is 5.01. The molecule has 0 aliphatic carbocycles. The second kappa shape index (κ2) is 3.96. The molecule has 0 unspecified atom stereocenters. The van der Waals surface area contributed by atoms with Crippen LogP contribution in [0.1, 0.15) is 0 Å². The lowest BCUT2D eigenvalue weighted by Crippen LogP contribution is -2.18. The molecule has 3 heterocycles. The minimum Gasteiger partial charge on any atom is -0.344 e. The van der Waals surface area contributed by atoms with Crippen molar-refractivity contribution in [2.24, 2.45) is 4.99 Å². The maximum Gasteiger partial charge on any atom is 0.152 e. The summed E-state index contributed by atoms with van der Waals surface area (Å²) in [6, 6.07) is 0. The molecule has 0 spiro atoms. The fraction of sp³-hybridized carbons (Fsp3) is 0.0909. The first kappa shape index (κ1) is 10.5. The van der Waals surface area contributed by atoms with Crippen LogP contribution in [0.25, 0.3) is 11.0 Å². The first-order chi connectivity index (χ1) is 8.27. The van der Waals surface area contributed by atoms with E-state index < -0.39 is 0 Å². The Balaban J connectivity index is 2.20. The normalized spacial score (nSPS) is 14.8. The maximum absolute atomic E-state index is 14.1. The zero-order valence-corrected chi connectivity index (χ0v) is 10.3. The molecule has 86 valence electrons. The molecule has 0 bridgehead atoms. The number of nitrogens with one attached hydrogen (secondary N) is 1. The van der Waals surface area contributed by atoms with Crippen LogP contribution in [-0.2, 0) is 0 Å². The third kappa shape index (κ3) is 1.64. The highest BCUT2D eigenvalue weighted by atomic mass is 79.9. The van der Waals surface area contributed by atoms with Gasteiger partial charge in [0.1, 0.15) is 12.3 Å². The van der Waals surface area contributed by atoms with E-state index in [4.69, 9.17) is 0 Å². The van der Waals surface area contributed by atoms with Crippen LogP contribution in [0, 0.1) is 5.82 Å². The van der Waals surface area contributed by atoms with Gasteiger partial charge in [0.15, 0.2) is 5.82 Å². The highest BCUT2D eigenvalue weighted by Gasteiger charge is 2.16. The van der Waals surface area contributed by atoms with Gasteiger partial charge in [-0.15, -0.1) is 0 Å². The Morgan fingerprint density at radius 3 is 3.12 bits per heavy atom. The van der Waals surface area contributed by atoms with Gasteiger partial charge < -0.3 is 9.88 Å². The molecule has 4 nitrogen and oxygen atoms in total. The summed E-state index contributed by atoms with van der Waals surface area (Å²) in [4.78, 5) is 13.1. The van der Waals surface area contributed by atoms with E-state index in [0.29, 0.717) is 22.2 Å². The van der Waals surface area contributed by atoms with Crippen LogP contribution >= 0.6 is 15.9 Å². The van der Waals surface area contributed by atoms with E-state index in [2.05, 4.69) is 30.9 Å². The number of fused-ring (bicyclic) bond motifs is 1. The average Bonchev–Trinajstić information content (AvgIpc) is 2.79. The molecule has 0 amide bonds. The van der Waals surface area contributed by atoms with Crippen molar-refractivity contribution in [1.82, 2.24) is 9.97 Å². The molecule has 2 aromatic heterocycles. The lowest BCUT2D eigenvalue weighted by molar-refractivity contribution is 0.631. The Morgan fingerprint density at radius 1 is 1.47 bits per heavy atom. The standard InChI is InChI=1S/C11H8BrFN4/c12-7-4-15-11-9(10(7)13)8(5-16-11)17-3-1-2-14-6-17/h1-5H,6H2,(H,15,16). The van der Waals surface area contributed by atoms with E-state index in [1.807, 2.05) is 17.2 Å². The van der Waals surface area contributed by atoms with Gasteiger partial charge in [-0.05, 0) is 22.0 Å². The number of allylic oxidation sites excluding steroid dienone is 1. The molecule has 0 aromatic carbocycles. The molecule has 0 atom stereocenters. The third-order valence-electron chi connectivity index (χ3n) is 2.58. The van der Waals surface area contributed by atoms with E-state index in [1.54, 1.807) is 12.4 Å². The number of rotatable bonds is 1. The van der Waals surface area contributed by atoms with Crippen molar-refractivity contribution >= 4 is 38.9 Å². The monoisotopic (exact) mass is 294 g/mol. The molecule has 17 heavy (non-hydrogen) atoms. The summed E-state index contributed by atoms with van der Waals surface area (Å²) in [6.45, 7) is 0.482. The molecule has 0 saturated carbocycles. The zero-order chi connectivity index (χ0) is 11.8. The number of halogens is 2. The lowest BCUT2D eigenvalue weighted by atomic mass is 10.2. The van der Waals surface area contributed by atoms with Crippen LogP contribution in [0.5, 0.6) is 0 Å². The average molecular weight is 295 g/mol. The van der Waals surface area contributed by atoms with Gasteiger partial charge >= 0.3 is 0 Å². The molecule has 2 aromatic rings. The van der Waals surface area contributed by atoms with Crippen molar-refractivity contribution in [3.8, 4) is 0 Å². The van der Waals surface area contributed by atoms with E-state index in [0.717, 1.165) is 5.69 Å². The largest absolute Gasteiger partial charge is 0.344 e. The fourth-order valence-electron chi connectivity index (χ4n) is 1.79. The maximum atomic E-state index is 14.1. The van der Waals surface area contributed by atoms with Crippen molar-refractivity contribution in [1.29, 1.82) is 0 Å². The Morgan fingerprint density at radius 2 is 2.35 bits per heavy atom. The van der Waals surface area contributed by atoms with Gasteiger partial charge in [0.2, 0.25) is 0 Å². The van der Waals surface area contributed by atoms with Crippen molar-refractivity contribution in [3.05, 3.63) is 35.0 Å². The second-order valence-corrected chi connectivity index (χ2v) is 4.46. The number of anilines is 1. The summed E-state index contributed by atoms with van der Waals surface area (Å²) in [6.07, 6.45) is 8.57. The molecule has 3 rings (SSSR count). The van der Waals surface area contributed by atoms with Gasteiger partial charge in [-0.2, -0.15) is 0 Å². The Labute approximate surface area is 105 Å². The van der Waals surface area contributed by atoms with Crippen LogP contribution in [0.2, 0.25) is 0 Å². The Bertz CT molecular complexity index is 632. The Hall–Kier alpha value is -1.69. The van der Waals surface area contributed by atoms with Gasteiger partial charge in [-0.25, -0.2) is 9.37 Å². The number of aliphatic imine (C=N–C) groups is 1. The summed E-state index contributed by atoms with van der Waals surface area (Å²) in [5, 5.41) is 0.473. The van der Waals surface area contributed by atoms with Crippen molar-refractivity contribution in [3.63, 3.8) is 0 Å². The van der Waals surface area contributed by atoms with Gasteiger partial charge in [-0.3, -0.25) is 4.99 Å². The number of H-pyrrole nitrogens is 1. The number of aromatic amines is 1. The molecule has 1 aliphatic rings. The second-order valence-electron chi connectivity index (χ2n) is 3.60. The molecular formula is C11H8BrFN4. The van der Waals surface area contributed by atoms with Crippen LogP contribution in [-0.4, -0.2) is 22.9 Å².